The molecule has 3 rings (SSSR count). The van der Waals surface area contributed by atoms with Gasteiger partial charge in [-0.15, -0.1) is 0 Å². The Kier molecular flexibility index (Phi) is 3.73. The summed E-state index contributed by atoms with van der Waals surface area (Å²) in [6, 6.07) is 5.97. The molecule has 3 atom stereocenters. The second-order valence-electron chi connectivity index (χ2n) is 5.82. The summed E-state index contributed by atoms with van der Waals surface area (Å²) in [7, 11) is 0. The lowest BCUT2D eigenvalue weighted by molar-refractivity contribution is -0.137. The Balaban J connectivity index is 1.56. The number of fused-ring (bicyclic) bond motifs is 2. The fourth-order valence-corrected chi connectivity index (χ4v) is 3.28. The van der Waals surface area contributed by atoms with Crippen LogP contribution in [0.1, 0.15) is 24.0 Å². The van der Waals surface area contributed by atoms with E-state index in [1.807, 2.05) is 0 Å². The third kappa shape index (κ3) is 2.99. The van der Waals surface area contributed by atoms with Gasteiger partial charge in [0.15, 0.2) is 0 Å². The number of nitrogens with zero attached hydrogens (tertiary/aromatic N) is 1. The Morgan fingerprint density at radius 1 is 1.10 bits per heavy atom. The molecule has 1 N–H and O–H groups in total. The highest BCUT2D eigenvalue weighted by Gasteiger charge is 2.34. The van der Waals surface area contributed by atoms with Gasteiger partial charge in [0.05, 0.1) is 5.56 Å². The van der Waals surface area contributed by atoms with Crippen LogP contribution in [0, 0.1) is 5.92 Å². The Labute approximate surface area is 117 Å². The van der Waals surface area contributed by atoms with Gasteiger partial charge in [0.2, 0.25) is 0 Å². The van der Waals surface area contributed by atoms with Crippen LogP contribution >= 0.6 is 0 Å². The van der Waals surface area contributed by atoms with Crippen LogP contribution in [-0.4, -0.2) is 30.6 Å². The summed E-state index contributed by atoms with van der Waals surface area (Å²) in [5.41, 5.74) is 0.337. The minimum Gasteiger partial charge on any atom is -0.310 e. The SMILES string of the molecule is FC(F)(F)c1ccc(CNC2CCN3CCC2C3)cc1. The molecule has 0 radical (unpaired) electrons. The second kappa shape index (κ2) is 5.37. The molecule has 2 heterocycles. The molecule has 20 heavy (non-hydrogen) atoms. The average molecular weight is 284 g/mol. The number of hydrogen-bond donors (Lipinski definition) is 1. The van der Waals surface area contributed by atoms with Gasteiger partial charge < -0.3 is 10.2 Å². The van der Waals surface area contributed by atoms with Gasteiger partial charge in [-0.3, -0.25) is 0 Å². The maximum absolute atomic E-state index is 12.5. The second-order valence-corrected chi connectivity index (χ2v) is 5.82. The molecule has 0 amide bonds. The van der Waals surface area contributed by atoms with E-state index >= 15 is 0 Å². The zero-order valence-electron chi connectivity index (χ0n) is 11.3. The molecule has 2 saturated heterocycles. The normalized spacial score (nSPS) is 29.6. The molecule has 0 aromatic heterocycles. The molecule has 2 bridgehead atoms. The lowest BCUT2D eigenvalue weighted by Crippen LogP contribution is -2.43. The Morgan fingerprint density at radius 2 is 1.80 bits per heavy atom. The molecular formula is C15H19F3N2. The van der Waals surface area contributed by atoms with Crippen LogP contribution in [0.4, 0.5) is 13.2 Å². The minimum atomic E-state index is -4.25. The Morgan fingerprint density at radius 3 is 2.50 bits per heavy atom. The van der Waals surface area contributed by atoms with Gasteiger partial charge in [0, 0.05) is 19.1 Å². The van der Waals surface area contributed by atoms with E-state index in [1.165, 1.54) is 19.5 Å². The molecule has 0 spiro atoms. The standard InChI is InChI=1S/C15H19F3N2/c16-15(17,18)13-3-1-11(2-4-13)9-19-14-6-8-20-7-5-12(14)10-20/h1-4,12,14,19H,5-10H2. The molecule has 1 aromatic rings. The molecular weight excluding hydrogens is 265 g/mol. The number of alkyl halides is 3. The average Bonchev–Trinajstić information content (AvgIpc) is 2.80. The van der Waals surface area contributed by atoms with Crippen molar-refractivity contribution in [2.75, 3.05) is 19.6 Å². The van der Waals surface area contributed by atoms with E-state index in [1.54, 1.807) is 12.1 Å². The molecule has 2 aliphatic rings. The van der Waals surface area contributed by atoms with Gasteiger partial charge in [0.1, 0.15) is 0 Å². The summed E-state index contributed by atoms with van der Waals surface area (Å²) in [5, 5.41) is 3.52. The summed E-state index contributed by atoms with van der Waals surface area (Å²) in [4.78, 5) is 2.49. The first-order valence-corrected chi connectivity index (χ1v) is 7.14. The predicted molar refractivity (Wildman–Crippen MR) is 71.2 cm³/mol. The molecule has 110 valence electrons. The highest BCUT2D eigenvalue weighted by atomic mass is 19.4. The van der Waals surface area contributed by atoms with Crippen LogP contribution in [0.2, 0.25) is 0 Å². The van der Waals surface area contributed by atoms with E-state index in [2.05, 4.69) is 10.2 Å². The van der Waals surface area contributed by atoms with Crippen molar-refractivity contribution in [2.24, 2.45) is 5.92 Å². The van der Waals surface area contributed by atoms with Gasteiger partial charge in [-0.1, -0.05) is 12.1 Å². The maximum Gasteiger partial charge on any atom is 0.416 e. The number of rotatable bonds is 3. The predicted octanol–water partition coefficient (Wildman–Crippen LogP) is 2.89. The summed E-state index contributed by atoms with van der Waals surface area (Å²) in [5.74, 6) is 0.707. The summed E-state index contributed by atoms with van der Waals surface area (Å²) < 4.78 is 37.4. The van der Waals surface area contributed by atoms with E-state index in [4.69, 9.17) is 0 Å². The largest absolute Gasteiger partial charge is 0.416 e. The van der Waals surface area contributed by atoms with Crippen molar-refractivity contribution in [3.63, 3.8) is 0 Å². The summed E-state index contributed by atoms with van der Waals surface area (Å²) in [6.07, 6.45) is -1.86. The van der Waals surface area contributed by atoms with E-state index in [0.29, 0.717) is 18.5 Å². The van der Waals surface area contributed by atoms with Crippen molar-refractivity contribution in [1.29, 1.82) is 0 Å². The molecule has 5 heteroatoms. The molecule has 2 nitrogen and oxygen atoms in total. The lowest BCUT2D eigenvalue weighted by Gasteiger charge is -2.31. The van der Waals surface area contributed by atoms with Crippen LogP contribution in [0.3, 0.4) is 0 Å². The fourth-order valence-electron chi connectivity index (χ4n) is 3.28. The quantitative estimate of drug-likeness (QED) is 0.918. The van der Waals surface area contributed by atoms with Crippen molar-refractivity contribution < 1.29 is 13.2 Å². The number of hydrogen-bond acceptors (Lipinski definition) is 2. The van der Waals surface area contributed by atoms with Gasteiger partial charge in [0.25, 0.3) is 0 Å². The first kappa shape index (κ1) is 13.9. The van der Waals surface area contributed by atoms with Crippen LogP contribution in [0.5, 0.6) is 0 Å². The van der Waals surface area contributed by atoms with Crippen molar-refractivity contribution in [1.82, 2.24) is 10.2 Å². The number of benzene rings is 1. The van der Waals surface area contributed by atoms with E-state index < -0.39 is 11.7 Å². The fraction of sp³-hybridized carbons (Fsp3) is 0.600. The van der Waals surface area contributed by atoms with Gasteiger partial charge in [-0.2, -0.15) is 13.2 Å². The smallest absolute Gasteiger partial charge is 0.310 e. The number of halogens is 3. The highest BCUT2D eigenvalue weighted by Crippen LogP contribution is 2.29. The maximum atomic E-state index is 12.5. The molecule has 1 aromatic carbocycles. The van der Waals surface area contributed by atoms with Crippen molar-refractivity contribution in [3.8, 4) is 0 Å². The molecule has 0 aliphatic carbocycles. The van der Waals surface area contributed by atoms with E-state index in [9.17, 15) is 13.2 Å². The third-order valence-electron chi connectivity index (χ3n) is 4.48. The molecule has 0 saturated carbocycles. The minimum absolute atomic E-state index is 0.510. The van der Waals surface area contributed by atoms with Crippen LogP contribution < -0.4 is 5.32 Å². The highest BCUT2D eigenvalue weighted by molar-refractivity contribution is 5.24. The number of nitrogens with one attached hydrogen (secondary N) is 1. The third-order valence-corrected chi connectivity index (χ3v) is 4.48. The van der Waals surface area contributed by atoms with Crippen molar-refractivity contribution in [2.45, 2.75) is 31.6 Å². The van der Waals surface area contributed by atoms with Crippen LogP contribution in [0.15, 0.2) is 24.3 Å². The monoisotopic (exact) mass is 284 g/mol. The van der Waals surface area contributed by atoms with Crippen LogP contribution in [0.25, 0.3) is 0 Å². The van der Waals surface area contributed by atoms with Gasteiger partial charge in [-0.25, -0.2) is 0 Å². The van der Waals surface area contributed by atoms with Gasteiger partial charge in [-0.05, 0) is 49.5 Å². The molecule has 2 fully saturated rings. The molecule has 3 unspecified atom stereocenters. The number of piperidine rings is 1. The summed E-state index contributed by atoms with van der Waals surface area (Å²) >= 11 is 0. The topological polar surface area (TPSA) is 15.3 Å². The first-order chi connectivity index (χ1) is 9.52. The molecule has 2 aliphatic heterocycles. The van der Waals surface area contributed by atoms with Crippen molar-refractivity contribution in [3.05, 3.63) is 35.4 Å². The van der Waals surface area contributed by atoms with E-state index in [-0.39, 0.29) is 0 Å². The lowest BCUT2D eigenvalue weighted by atomic mass is 9.94. The van der Waals surface area contributed by atoms with E-state index in [0.717, 1.165) is 30.7 Å². The zero-order chi connectivity index (χ0) is 14.2. The summed E-state index contributed by atoms with van der Waals surface area (Å²) in [6.45, 7) is 4.16. The Bertz CT molecular complexity index is 455. The zero-order valence-corrected chi connectivity index (χ0v) is 11.3. The first-order valence-electron chi connectivity index (χ1n) is 7.14. The van der Waals surface area contributed by atoms with Crippen molar-refractivity contribution >= 4 is 0 Å². The van der Waals surface area contributed by atoms with Crippen LogP contribution in [-0.2, 0) is 12.7 Å². The Hall–Kier alpha value is -1.07. The van der Waals surface area contributed by atoms with Gasteiger partial charge >= 0.3 is 6.18 Å².